The van der Waals surface area contributed by atoms with Crippen LogP contribution in [0.3, 0.4) is 0 Å². The van der Waals surface area contributed by atoms with Crippen LogP contribution in [0, 0.1) is 0 Å². The number of hydrogen-bond donors (Lipinski definition) is 0. The second-order valence-corrected chi connectivity index (χ2v) is 12.4. The molecule has 0 spiro atoms. The molecule has 0 amide bonds. The van der Waals surface area contributed by atoms with Crippen LogP contribution in [0.2, 0.25) is 0 Å². The van der Waals surface area contributed by atoms with Gasteiger partial charge in [-0.05, 0) is 98.1 Å². The maximum Gasteiger partial charge on any atom is 0.0626 e. The Morgan fingerprint density at radius 2 is 1.02 bits per heavy atom. The molecule has 210 valence electrons. The summed E-state index contributed by atoms with van der Waals surface area (Å²) in [6.07, 6.45) is 2.21. The number of aromatic nitrogens is 1. The van der Waals surface area contributed by atoms with Crippen molar-refractivity contribution in [2.45, 2.75) is 12.8 Å². The summed E-state index contributed by atoms with van der Waals surface area (Å²) in [5.74, 6) is 0. The molecule has 1 nitrogen and oxygen atoms in total. The minimum absolute atomic E-state index is 1.10. The third-order valence-electron chi connectivity index (χ3n) is 10.0. The highest BCUT2D eigenvalue weighted by atomic mass is 15.0. The SMILES string of the molecule is c1ccc(-n2c3ccccc3c3c4c5ccccc5c(-c5ccc6c(c5)-c5ccccc5CC6)cc4c4ccccc4c32)cc1. The Hall–Kier alpha value is -5.66. The van der Waals surface area contributed by atoms with Gasteiger partial charge in [0.15, 0.2) is 0 Å². The van der Waals surface area contributed by atoms with Gasteiger partial charge in [-0.1, -0.05) is 121 Å². The Morgan fingerprint density at radius 3 is 1.87 bits per heavy atom. The molecule has 1 aliphatic carbocycles. The summed E-state index contributed by atoms with van der Waals surface area (Å²) < 4.78 is 2.47. The molecule has 1 heterocycles. The van der Waals surface area contributed by atoms with Crippen molar-refractivity contribution in [2.24, 2.45) is 0 Å². The number of rotatable bonds is 2. The summed E-state index contributed by atoms with van der Waals surface area (Å²) in [5, 5.41) is 10.4. The van der Waals surface area contributed by atoms with Gasteiger partial charge in [0.1, 0.15) is 0 Å². The summed E-state index contributed by atoms with van der Waals surface area (Å²) in [5.41, 5.74) is 11.9. The fraction of sp³-hybridized carbons (Fsp3) is 0.0455. The first-order valence-corrected chi connectivity index (χ1v) is 15.9. The van der Waals surface area contributed by atoms with E-state index in [1.54, 1.807) is 0 Å². The normalized spacial score (nSPS) is 12.7. The van der Waals surface area contributed by atoms with Crippen molar-refractivity contribution in [3.63, 3.8) is 0 Å². The van der Waals surface area contributed by atoms with E-state index in [-0.39, 0.29) is 0 Å². The zero-order chi connectivity index (χ0) is 29.5. The highest BCUT2D eigenvalue weighted by Crippen LogP contribution is 2.47. The molecule has 1 aromatic heterocycles. The lowest BCUT2D eigenvalue weighted by Crippen LogP contribution is -2.03. The van der Waals surface area contributed by atoms with Crippen LogP contribution in [0.25, 0.3) is 82.1 Å². The first kappa shape index (κ1) is 24.7. The zero-order valence-corrected chi connectivity index (χ0v) is 24.8. The van der Waals surface area contributed by atoms with E-state index in [9.17, 15) is 0 Å². The first-order valence-electron chi connectivity index (χ1n) is 15.9. The summed E-state index contributed by atoms with van der Waals surface area (Å²) in [6, 6.07) is 56.3. The maximum atomic E-state index is 2.48. The Bertz CT molecular complexity index is 2640. The molecule has 0 unspecified atom stereocenters. The molecule has 0 atom stereocenters. The largest absolute Gasteiger partial charge is 0.309 e. The van der Waals surface area contributed by atoms with Crippen molar-refractivity contribution in [1.29, 1.82) is 0 Å². The van der Waals surface area contributed by atoms with Crippen LogP contribution in [0.1, 0.15) is 11.1 Å². The molecular formula is C44H29N. The predicted octanol–water partition coefficient (Wildman–Crippen LogP) is 11.7. The second-order valence-electron chi connectivity index (χ2n) is 12.4. The lowest BCUT2D eigenvalue weighted by atomic mass is 9.83. The monoisotopic (exact) mass is 571 g/mol. The standard InChI is InChI=1S/C44H29N/c1-2-13-31(14-3-1)45-41-21-11-10-20-37(41)43-42-35-18-8-6-16-33(35)39(27-40(42)34-17-7-9-19-36(34)44(43)45)30-25-24-29-23-22-28-12-4-5-15-32(28)38(29)26-30/h1-21,24-27H,22-23H2. The Balaban J connectivity index is 1.38. The highest BCUT2D eigenvalue weighted by molar-refractivity contribution is 6.38. The minimum Gasteiger partial charge on any atom is -0.309 e. The smallest absolute Gasteiger partial charge is 0.0626 e. The fourth-order valence-corrected chi connectivity index (χ4v) is 8.10. The van der Waals surface area contributed by atoms with E-state index in [4.69, 9.17) is 0 Å². The molecule has 1 aliphatic rings. The molecule has 0 aliphatic heterocycles. The predicted molar refractivity (Wildman–Crippen MR) is 192 cm³/mol. The van der Waals surface area contributed by atoms with Crippen LogP contribution in [0.4, 0.5) is 0 Å². The second kappa shape index (κ2) is 9.42. The average Bonchev–Trinajstić information content (AvgIpc) is 3.47. The number of fused-ring (bicyclic) bond motifs is 13. The number of hydrogen-bond acceptors (Lipinski definition) is 0. The van der Waals surface area contributed by atoms with E-state index in [2.05, 4.69) is 156 Å². The van der Waals surface area contributed by atoms with Crippen LogP contribution in [-0.2, 0) is 12.8 Å². The quantitative estimate of drug-likeness (QED) is 0.182. The van der Waals surface area contributed by atoms with Gasteiger partial charge in [-0.3, -0.25) is 0 Å². The molecule has 0 saturated carbocycles. The molecule has 0 radical (unpaired) electrons. The average molecular weight is 572 g/mol. The fourth-order valence-electron chi connectivity index (χ4n) is 8.10. The lowest BCUT2D eigenvalue weighted by molar-refractivity contribution is 0.942. The molecule has 9 aromatic rings. The number of aryl methyl sites for hydroxylation is 2. The van der Waals surface area contributed by atoms with Gasteiger partial charge in [0.2, 0.25) is 0 Å². The van der Waals surface area contributed by atoms with Gasteiger partial charge in [0.25, 0.3) is 0 Å². The van der Waals surface area contributed by atoms with Crippen molar-refractivity contribution >= 4 is 54.1 Å². The van der Waals surface area contributed by atoms with Gasteiger partial charge >= 0.3 is 0 Å². The summed E-state index contributed by atoms with van der Waals surface area (Å²) in [7, 11) is 0. The topological polar surface area (TPSA) is 4.93 Å². The molecule has 45 heavy (non-hydrogen) atoms. The molecule has 8 aromatic carbocycles. The maximum absolute atomic E-state index is 2.48. The van der Waals surface area contributed by atoms with Crippen LogP contribution in [0.15, 0.2) is 152 Å². The number of para-hydroxylation sites is 2. The van der Waals surface area contributed by atoms with Gasteiger partial charge in [-0.2, -0.15) is 0 Å². The number of benzene rings is 8. The Morgan fingerprint density at radius 1 is 0.378 bits per heavy atom. The Kier molecular flexibility index (Phi) is 5.18. The van der Waals surface area contributed by atoms with Crippen molar-refractivity contribution < 1.29 is 0 Å². The van der Waals surface area contributed by atoms with Gasteiger partial charge in [0.05, 0.1) is 11.0 Å². The van der Waals surface area contributed by atoms with E-state index in [1.165, 1.54) is 93.2 Å². The summed E-state index contributed by atoms with van der Waals surface area (Å²) >= 11 is 0. The van der Waals surface area contributed by atoms with E-state index in [0.29, 0.717) is 0 Å². The molecule has 1 heteroatoms. The van der Waals surface area contributed by atoms with Crippen molar-refractivity contribution in [1.82, 2.24) is 4.57 Å². The molecule has 0 fully saturated rings. The van der Waals surface area contributed by atoms with Crippen LogP contribution in [-0.4, -0.2) is 4.57 Å². The van der Waals surface area contributed by atoms with E-state index >= 15 is 0 Å². The van der Waals surface area contributed by atoms with Crippen LogP contribution in [0.5, 0.6) is 0 Å². The van der Waals surface area contributed by atoms with Crippen molar-refractivity contribution in [2.75, 3.05) is 0 Å². The number of nitrogens with zero attached hydrogens (tertiary/aromatic N) is 1. The molecule has 0 bridgehead atoms. The zero-order valence-electron chi connectivity index (χ0n) is 24.8. The highest BCUT2D eigenvalue weighted by Gasteiger charge is 2.22. The van der Waals surface area contributed by atoms with Crippen molar-refractivity contribution in [3.8, 4) is 27.9 Å². The molecule has 0 saturated heterocycles. The molecule has 0 N–H and O–H groups in total. The lowest BCUT2D eigenvalue weighted by Gasteiger charge is -2.21. The third kappa shape index (κ3) is 3.50. The molecule has 10 rings (SSSR count). The summed E-state index contributed by atoms with van der Waals surface area (Å²) in [6.45, 7) is 0. The molecular weight excluding hydrogens is 542 g/mol. The minimum atomic E-state index is 1.10. The van der Waals surface area contributed by atoms with Crippen LogP contribution < -0.4 is 0 Å². The van der Waals surface area contributed by atoms with E-state index in [0.717, 1.165) is 12.8 Å². The van der Waals surface area contributed by atoms with Crippen molar-refractivity contribution in [3.05, 3.63) is 163 Å². The van der Waals surface area contributed by atoms with Crippen LogP contribution >= 0.6 is 0 Å². The first-order chi connectivity index (χ1) is 22.3. The van der Waals surface area contributed by atoms with Gasteiger partial charge in [-0.15, -0.1) is 0 Å². The van der Waals surface area contributed by atoms with E-state index in [1.807, 2.05) is 0 Å². The van der Waals surface area contributed by atoms with Gasteiger partial charge < -0.3 is 4.57 Å². The van der Waals surface area contributed by atoms with E-state index < -0.39 is 0 Å². The van der Waals surface area contributed by atoms with Gasteiger partial charge in [-0.25, -0.2) is 0 Å². The van der Waals surface area contributed by atoms with Gasteiger partial charge in [0, 0.05) is 27.2 Å². The summed E-state index contributed by atoms with van der Waals surface area (Å²) in [4.78, 5) is 0. The third-order valence-corrected chi connectivity index (χ3v) is 10.0. The Labute approximate surface area is 261 Å².